The molecule has 128 valence electrons. The Labute approximate surface area is 146 Å². The lowest BCUT2D eigenvalue weighted by Crippen LogP contribution is -2.17. The van der Waals surface area contributed by atoms with E-state index in [1.165, 1.54) is 18.5 Å². The van der Waals surface area contributed by atoms with E-state index in [4.69, 9.17) is 4.52 Å². The van der Waals surface area contributed by atoms with Crippen molar-refractivity contribution in [1.29, 1.82) is 0 Å². The minimum absolute atomic E-state index is 0.465. The summed E-state index contributed by atoms with van der Waals surface area (Å²) in [6.45, 7) is 4.13. The van der Waals surface area contributed by atoms with Crippen molar-refractivity contribution in [1.82, 2.24) is 15.1 Å². The van der Waals surface area contributed by atoms with Crippen molar-refractivity contribution in [2.45, 2.75) is 19.8 Å². The largest absolute Gasteiger partial charge is 0.372 e. The van der Waals surface area contributed by atoms with E-state index in [2.05, 4.69) is 54.9 Å². The van der Waals surface area contributed by atoms with E-state index in [0.717, 1.165) is 24.5 Å². The number of hydrogen-bond acceptors (Lipinski definition) is 7. The van der Waals surface area contributed by atoms with Crippen LogP contribution in [0.5, 0.6) is 0 Å². The van der Waals surface area contributed by atoms with Crippen molar-refractivity contribution in [2.75, 3.05) is 28.6 Å². The van der Waals surface area contributed by atoms with Gasteiger partial charge < -0.3 is 20.1 Å². The normalized spacial score (nSPS) is 13.9. The minimum Gasteiger partial charge on any atom is -0.372 e. The van der Waals surface area contributed by atoms with Gasteiger partial charge in [0.1, 0.15) is 11.6 Å². The van der Waals surface area contributed by atoms with Crippen LogP contribution in [0.4, 0.5) is 29.0 Å². The van der Waals surface area contributed by atoms with Crippen LogP contribution in [0.1, 0.15) is 18.6 Å². The van der Waals surface area contributed by atoms with Crippen LogP contribution in [0, 0.1) is 6.92 Å². The molecule has 7 nitrogen and oxygen atoms in total. The van der Waals surface area contributed by atoms with Gasteiger partial charge in [0.2, 0.25) is 5.95 Å². The lowest BCUT2D eigenvalue weighted by Gasteiger charge is -2.17. The predicted octanol–water partition coefficient (Wildman–Crippen LogP) is 3.86. The van der Waals surface area contributed by atoms with Crippen LogP contribution in [-0.2, 0) is 0 Å². The summed E-state index contributed by atoms with van der Waals surface area (Å²) in [5.41, 5.74) is 2.26. The summed E-state index contributed by atoms with van der Waals surface area (Å²) in [6.07, 6.45) is 4.26. The van der Waals surface area contributed by atoms with Crippen LogP contribution in [0.2, 0.25) is 0 Å². The number of anilines is 5. The Hall–Kier alpha value is -3.09. The SMILES string of the molecule is Cc1cc(Nc2nccc(Nc3ccc(N4CCCC4)cc3)n2)no1. The molecule has 7 heteroatoms. The molecule has 0 saturated carbocycles. The molecule has 1 fully saturated rings. The Morgan fingerprint density at radius 1 is 1.00 bits per heavy atom. The summed E-state index contributed by atoms with van der Waals surface area (Å²) in [4.78, 5) is 11.1. The van der Waals surface area contributed by atoms with Crippen LogP contribution >= 0.6 is 0 Å². The standard InChI is InChI=1S/C18H20N6O/c1-13-12-17(23-25-13)22-18-19-9-8-16(21-18)20-14-4-6-15(7-5-14)24-10-2-3-11-24/h4-9,12H,2-3,10-11H2,1H3,(H2,19,20,21,22,23). The molecule has 1 aliphatic rings. The zero-order valence-corrected chi connectivity index (χ0v) is 14.1. The van der Waals surface area contributed by atoms with Gasteiger partial charge in [0, 0.05) is 36.7 Å². The highest BCUT2D eigenvalue weighted by Gasteiger charge is 2.11. The second-order valence-corrected chi connectivity index (χ2v) is 6.08. The third-order valence-electron chi connectivity index (χ3n) is 4.13. The van der Waals surface area contributed by atoms with E-state index < -0.39 is 0 Å². The molecular formula is C18H20N6O. The summed E-state index contributed by atoms with van der Waals surface area (Å²) >= 11 is 0. The number of aryl methyl sites for hydroxylation is 1. The average Bonchev–Trinajstić information content (AvgIpc) is 3.28. The van der Waals surface area contributed by atoms with Crippen LogP contribution in [0.25, 0.3) is 0 Å². The molecule has 4 rings (SSSR count). The summed E-state index contributed by atoms with van der Waals surface area (Å²) in [7, 11) is 0. The summed E-state index contributed by atoms with van der Waals surface area (Å²) in [5, 5.41) is 10.2. The first-order chi connectivity index (χ1) is 12.3. The number of rotatable bonds is 5. The maximum Gasteiger partial charge on any atom is 0.230 e. The topological polar surface area (TPSA) is 79.1 Å². The fourth-order valence-corrected chi connectivity index (χ4v) is 2.91. The smallest absolute Gasteiger partial charge is 0.230 e. The maximum absolute atomic E-state index is 5.03. The number of aromatic nitrogens is 3. The van der Waals surface area contributed by atoms with Crippen molar-refractivity contribution in [3.8, 4) is 0 Å². The van der Waals surface area contributed by atoms with Crippen molar-refractivity contribution in [3.63, 3.8) is 0 Å². The Bertz CT molecular complexity index is 839. The van der Waals surface area contributed by atoms with E-state index in [0.29, 0.717) is 17.6 Å². The molecule has 0 unspecified atom stereocenters. The number of benzene rings is 1. The molecule has 1 aromatic carbocycles. The monoisotopic (exact) mass is 336 g/mol. The highest BCUT2D eigenvalue weighted by atomic mass is 16.5. The summed E-state index contributed by atoms with van der Waals surface area (Å²) < 4.78 is 5.03. The molecule has 25 heavy (non-hydrogen) atoms. The van der Waals surface area contributed by atoms with Gasteiger partial charge in [-0.25, -0.2) is 4.98 Å². The van der Waals surface area contributed by atoms with Gasteiger partial charge in [0.15, 0.2) is 5.82 Å². The third kappa shape index (κ3) is 3.71. The van der Waals surface area contributed by atoms with Crippen molar-refractivity contribution < 1.29 is 4.52 Å². The highest BCUT2D eigenvalue weighted by molar-refractivity contribution is 5.62. The maximum atomic E-state index is 5.03. The van der Waals surface area contributed by atoms with Crippen molar-refractivity contribution in [2.24, 2.45) is 0 Å². The molecular weight excluding hydrogens is 316 g/mol. The third-order valence-corrected chi connectivity index (χ3v) is 4.13. The Morgan fingerprint density at radius 3 is 2.52 bits per heavy atom. The van der Waals surface area contributed by atoms with Gasteiger partial charge in [-0.05, 0) is 50.1 Å². The number of hydrogen-bond donors (Lipinski definition) is 2. The molecule has 0 aliphatic carbocycles. The zero-order chi connectivity index (χ0) is 17.1. The Balaban J connectivity index is 1.44. The molecule has 0 amide bonds. The first-order valence-corrected chi connectivity index (χ1v) is 8.42. The fraction of sp³-hybridized carbons (Fsp3) is 0.278. The quantitative estimate of drug-likeness (QED) is 0.732. The first-order valence-electron chi connectivity index (χ1n) is 8.42. The molecule has 0 radical (unpaired) electrons. The van der Waals surface area contributed by atoms with E-state index in [1.807, 2.05) is 13.0 Å². The molecule has 2 N–H and O–H groups in total. The Kier molecular flexibility index (Phi) is 4.20. The number of nitrogens with one attached hydrogen (secondary N) is 2. The van der Waals surface area contributed by atoms with E-state index >= 15 is 0 Å². The molecule has 0 spiro atoms. The first kappa shape index (κ1) is 15.4. The van der Waals surface area contributed by atoms with Gasteiger partial charge in [-0.1, -0.05) is 5.16 Å². The summed E-state index contributed by atoms with van der Waals surface area (Å²) in [5.74, 6) is 2.50. The van der Waals surface area contributed by atoms with Gasteiger partial charge in [0.25, 0.3) is 0 Å². The predicted molar refractivity (Wildman–Crippen MR) is 97.7 cm³/mol. The molecule has 3 aromatic rings. The molecule has 2 aromatic heterocycles. The lowest BCUT2D eigenvalue weighted by molar-refractivity contribution is 0.400. The highest BCUT2D eigenvalue weighted by Crippen LogP contribution is 2.23. The van der Waals surface area contributed by atoms with Gasteiger partial charge in [-0.3, -0.25) is 0 Å². The molecule has 0 bridgehead atoms. The Morgan fingerprint density at radius 2 is 1.80 bits per heavy atom. The van der Waals surface area contributed by atoms with Crippen LogP contribution in [0.15, 0.2) is 47.1 Å². The van der Waals surface area contributed by atoms with E-state index in [-0.39, 0.29) is 0 Å². The summed E-state index contributed by atoms with van der Waals surface area (Å²) in [6, 6.07) is 12.1. The molecule has 0 atom stereocenters. The molecule has 1 saturated heterocycles. The average molecular weight is 336 g/mol. The van der Waals surface area contributed by atoms with Crippen molar-refractivity contribution in [3.05, 3.63) is 48.4 Å². The van der Waals surface area contributed by atoms with Crippen LogP contribution < -0.4 is 15.5 Å². The van der Waals surface area contributed by atoms with Gasteiger partial charge in [0.05, 0.1) is 0 Å². The van der Waals surface area contributed by atoms with E-state index in [9.17, 15) is 0 Å². The van der Waals surface area contributed by atoms with E-state index in [1.54, 1.807) is 12.3 Å². The number of nitrogens with zero attached hydrogens (tertiary/aromatic N) is 4. The van der Waals surface area contributed by atoms with Gasteiger partial charge >= 0.3 is 0 Å². The zero-order valence-electron chi connectivity index (χ0n) is 14.1. The molecule has 1 aliphatic heterocycles. The second-order valence-electron chi connectivity index (χ2n) is 6.08. The molecule has 3 heterocycles. The lowest BCUT2D eigenvalue weighted by atomic mass is 10.2. The van der Waals surface area contributed by atoms with Crippen molar-refractivity contribution >= 4 is 29.0 Å². The van der Waals surface area contributed by atoms with Gasteiger partial charge in [-0.15, -0.1) is 0 Å². The fourth-order valence-electron chi connectivity index (χ4n) is 2.91. The minimum atomic E-state index is 0.465. The second kappa shape index (κ2) is 6.80. The van der Waals surface area contributed by atoms with Crippen LogP contribution in [-0.4, -0.2) is 28.2 Å². The van der Waals surface area contributed by atoms with Gasteiger partial charge in [-0.2, -0.15) is 4.98 Å². The van der Waals surface area contributed by atoms with Crippen LogP contribution in [0.3, 0.4) is 0 Å².